The normalized spacial score (nSPS) is 60.3. The third-order valence-corrected chi connectivity index (χ3v) is 14.1. The molecule has 0 radical (unpaired) electrons. The highest BCUT2D eigenvalue weighted by atomic mass is 16.7. The van der Waals surface area contributed by atoms with Crippen molar-refractivity contribution in [2.24, 2.45) is 29.1 Å². The van der Waals surface area contributed by atoms with Gasteiger partial charge in [0.15, 0.2) is 6.10 Å². The van der Waals surface area contributed by atoms with Crippen LogP contribution in [-0.2, 0) is 14.3 Å². The molecule has 3 saturated heterocycles. The standard InChI is InChI=1S/C32H49NO9/c1-6-18(3)25(35)41-24-11-12-26(4)19-8-9-20-28(37)13-23(34)31(39)21(29(28,38)16-30(20,26)42-32(19,24)40)15-33-14-17(2)7-10-22(33)27(31,5)36/h6,17,19-24,34,36-40H,7-16H2,1-5H3/b18-6-. The number of allylic oxidation sites excluding steroid dienone is 1. The van der Waals surface area contributed by atoms with Crippen LogP contribution in [0, 0.1) is 29.1 Å². The van der Waals surface area contributed by atoms with Crippen LogP contribution in [0.4, 0.5) is 0 Å². The number of fused-ring (bicyclic) bond motifs is 5. The molecule has 236 valence electrons. The van der Waals surface area contributed by atoms with Crippen LogP contribution in [-0.4, -0.2) is 107 Å². The topological polar surface area (TPSA) is 160 Å². The Morgan fingerprint density at radius 3 is 2.33 bits per heavy atom. The zero-order valence-corrected chi connectivity index (χ0v) is 25.5. The molecule has 42 heavy (non-hydrogen) atoms. The van der Waals surface area contributed by atoms with E-state index in [1.165, 1.54) is 0 Å². The molecule has 7 fully saturated rings. The van der Waals surface area contributed by atoms with Gasteiger partial charge >= 0.3 is 5.97 Å². The first-order chi connectivity index (χ1) is 19.5. The zero-order chi connectivity index (χ0) is 30.5. The highest BCUT2D eigenvalue weighted by Crippen LogP contribution is 2.78. The summed E-state index contributed by atoms with van der Waals surface area (Å²) in [6.07, 6.45) is 2.30. The highest BCUT2D eigenvalue weighted by Gasteiger charge is 2.88. The molecule has 4 saturated carbocycles. The summed E-state index contributed by atoms with van der Waals surface area (Å²) in [5.74, 6) is -4.05. The van der Waals surface area contributed by atoms with Gasteiger partial charge < -0.3 is 40.1 Å². The van der Waals surface area contributed by atoms with Crippen molar-refractivity contribution in [3.8, 4) is 0 Å². The van der Waals surface area contributed by atoms with Gasteiger partial charge in [-0.1, -0.05) is 19.9 Å². The number of piperidine rings is 2. The van der Waals surface area contributed by atoms with Gasteiger partial charge in [-0.05, 0) is 65.2 Å². The van der Waals surface area contributed by atoms with E-state index in [0.717, 1.165) is 6.42 Å². The van der Waals surface area contributed by atoms with Gasteiger partial charge in [0.05, 0.1) is 11.7 Å². The molecule has 10 heteroatoms. The molecule has 7 rings (SSSR count). The summed E-state index contributed by atoms with van der Waals surface area (Å²) in [4.78, 5) is 14.9. The van der Waals surface area contributed by atoms with Crippen LogP contribution >= 0.6 is 0 Å². The first-order valence-corrected chi connectivity index (χ1v) is 16.0. The Hall–Kier alpha value is -1.11. The fourth-order valence-corrected chi connectivity index (χ4v) is 11.8. The molecule has 4 bridgehead atoms. The number of aliphatic hydroxyl groups excluding tert-OH is 1. The van der Waals surface area contributed by atoms with E-state index in [-0.39, 0.29) is 25.4 Å². The summed E-state index contributed by atoms with van der Waals surface area (Å²) >= 11 is 0. The van der Waals surface area contributed by atoms with E-state index in [1.54, 1.807) is 26.8 Å². The number of nitrogens with zero attached hydrogens (tertiary/aromatic N) is 1. The smallest absolute Gasteiger partial charge is 0.333 e. The second kappa shape index (κ2) is 8.57. The Morgan fingerprint density at radius 2 is 1.64 bits per heavy atom. The highest BCUT2D eigenvalue weighted by molar-refractivity contribution is 5.87. The predicted octanol–water partition coefficient (Wildman–Crippen LogP) is 0.991. The van der Waals surface area contributed by atoms with E-state index in [9.17, 15) is 35.4 Å². The maximum atomic E-state index is 12.9. The Kier molecular flexibility index (Phi) is 6.04. The maximum absolute atomic E-state index is 12.9. The molecule has 0 amide bonds. The van der Waals surface area contributed by atoms with E-state index >= 15 is 0 Å². The van der Waals surface area contributed by atoms with Crippen molar-refractivity contribution in [2.45, 2.75) is 138 Å². The minimum atomic E-state index is -2.06. The van der Waals surface area contributed by atoms with E-state index in [4.69, 9.17) is 9.47 Å². The maximum Gasteiger partial charge on any atom is 0.333 e. The van der Waals surface area contributed by atoms with Gasteiger partial charge in [-0.15, -0.1) is 0 Å². The molecule has 0 aromatic heterocycles. The summed E-state index contributed by atoms with van der Waals surface area (Å²) in [5, 5.41) is 73.9. The molecular formula is C32H49NO9. The van der Waals surface area contributed by atoms with Gasteiger partial charge in [0.1, 0.15) is 22.4 Å². The summed E-state index contributed by atoms with van der Waals surface area (Å²) in [7, 11) is 0. The van der Waals surface area contributed by atoms with Crippen molar-refractivity contribution in [2.75, 3.05) is 13.1 Å². The Labute approximate surface area is 247 Å². The van der Waals surface area contributed by atoms with Gasteiger partial charge in [0.25, 0.3) is 0 Å². The van der Waals surface area contributed by atoms with E-state index in [1.807, 2.05) is 6.92 Å². The number of hydrogen-bond donors (Lipinski definition) is 6. The van der Waals surface area contributed by atoms with Crippen molar-refractivity contribution in [1.29, 1.82) is 0 Å². The van der Waals surface area contributed by atoms with Gasteiger partial charge in [-0.25, -0.2) is 4.79 Å². The minimum Gasteiger partial charge on any atom is -0.453 e. The SMILES string of the molecule is C/C=C(/C)C(=O)OC1CCC2(C)C3CCC4C5(O)CC(O)C6(O)C(CN7CC(C)CCC7C6(C)O)C5(O)CC42OC13O. The third kappa shape index (κ3) is 3.07. The van der Waals surface area contributed by atoms with E-state index in [0.29, 0.717) is 50.1 Å². The number of esters is 1. The second-order valence-corrected chi connectivity index (χ2v) is 15.7. The largest absolute Gasteiger partial charge is 0.453 e. The average Bonchev–Trinajstić information content (AvgIpc) is 3.09. The first kappa shape index (κ1) is 29.6. The van der Waals surface area contributed by atoms with Gasteiger partial charge in [0, 0.05) is 60.7 Å². The third-order valence-electron chi connectivity index (χ3n) is 14.1. The molecule has 7 aliphatic rings. The summed E-state index contributed by atoms with van der Waals surface area (Å²) in [5.41, 5.74) is -8.96. The van der Waals surface area contributed by atoms with Crippen LogP contribution < -0.4 is 0 Å². The van der Waals surface area contributed by atoms with Crippen molar-refractivity contribution >= 4 is 5.97 Å². The zero-order valence-electron chi connectivity index (χ0n) is 25.5. The lowest BCUT2D eigenvalue weighted by atomic mass is 9.49. The van der Waals surface area contributed by atoms with Crippen molar-refractivity contribution in [3.05, 3.63) is 11.6 Å². The van der Waals surface area contributed by atoms with Crippen LogP contribution in [0.1, 0.15) is 86.0 Å². The molecular weight excluding hydrogens is 542 g/mol. The fourth-order valence-electron chi connectivity index (χ4n) is 11.8. The quantitative estimate of drug-likeness (QED) is 0.202. The van der Waals surface area contributed by atoms with Crippen molar-refractivity contribution < 1.29 is 44.9 Å². The monoisotopic (exact) mass is 591 g/mol. The molecule has 3 heterocycles. The summed E-state index contributed by atoms with van der Waals surface area (Å²) < 4.78 is 12.6. The Bertz CT molecular complexity index is 1220. The number of ether oxygens (including phenoxy) is 2. The molecule has 0 aromatic rings. The number of carbonyl (C=O) groups excluding carboxylic acids is 1. The van der Waals surface area contributed by atoms with Crippen LogP contribution in [0.25, 0.3) is 0 Å². The van der Waals surface area contributed by atoms with Crippen LogP contribution in [0.15, 0.2) is 11.6 Å². The number of rotatable bonds is 2. The van der Waals surface area contributed by atoms with E-state index < -0.39 is 75.1 Å². The minimum absolute atomic E-state index is 0.0606. The lowest BCUT2D eigenvalue weighted by Gasteiger charge is -2.68. The Morgan fingerprint density at radius 1 is 0.952 bits per heavy atom. The molecule has 14 atom stereocenters. The van der Waals surface area contributed by atoms with Crippen LogP contribution in [0.2, 0.25) is 0 Å². The number of carbonyl (C=O) groups is 1. The van der Waals surface area contributed by atoms with Gasteiger partial charge in [0.2, 0.25) is 5.79 Å². The number of hydrogen-bond acceptors (Lipinski definition) is 10. The van der Waals surface area contributed by atoms with Crippen molar-refractivity contribution in [1.82, 2.24) is 4.90 Å². The predicted molar refractivity (Wildman–Crippen MR) is 150 cm³/mol. The molecule has 1 spiro atoms. The summed E-state index contributed by atoms with van der Waals surface area (Å²) in [6.45, 7) is 10.1. The molecule has 4 aliphatic carbocycles. The Balaban J connectivity index is 1.32. The van der Waals surface area contributed by atoms with Gasteiger partial charge in [-0.3, -0.25) is 4.90 Å². The van der Waals surface area contributed by atoms with Crippen molar-refractivity contribution in [3.63, 3.8) is 0 Å². The summed E-state index contributed by atoms with van der Waals surface area (Å²) in [6, 6.07) is -0.387. The lowest BCUT2D eigenvalue weighted by Crippen LogP contribution is -2.85. The van der Waals surface area contributed by atoms with Crippen LogP contribution in [0.5, 0.6) is 0 Å². The lowest BCUT2D eigenvalue weighted by molar-refractivity contribution is -0.354. The van der Waals surface area contributed by atoms with E-state index in [2.05, 4.69) is 11.8 Å². The molecule has 3 aliphatic heterocycles. The van der Waals surface area contributed by atoms with Crippen LogP contribution in [0.3, 0.4) is 0 Å². The molecule has 0 aromatic carbocycles. The fraction of sp³-hybridized carbons (Fsp3) is 0.906. The first-order valence-electron chi connectivity index (χ1n) is 16.0. The molecule has 10 nitrogen and oxygen atoms in total. The molecule has 14 unspecified atom stereocenters. The average molecular weight is 592 g/mol. The van der Waals surface area contributed by atoms with Gasteiger partial charge in [-0.2, -0.15) is 0 Å². The number of aliphatic hydroxyl groups is 6. The molecule has 6 N–H and O–H groups in total. The second-order valence-electron chi connectivity index (χ2n) is 15.7.